The Morgan fingerprint density at radius 1 is 1.03 bits per heavy atom. The SMILES string of the molecule is CCc1ccc(-c2cc(C(F)(F)F)n3nc(C(=O)N4CCN(Cc5ccccc5)CC4)cc3n2)s1. The average Bonchev–Trinajstić information content (AvgIpc) is 3.50. The summed E-state index contributed by atoms with van der Waals surface area (Å²) in [7, 11) is 0. The van der Waals surface area contributed by atoms with Crippen molar-refractivity contribution in [3.05, 3.63) is 76.4 Å². The number of amides is 1. The Balaban J connectivity index is 1.38. The van der Waals surface area contributed by atoms with Crippen molar-refractivity contribution in [2.75, 3.05) is 26.2 Å². The molecule has 10 heteroatoms. The summed E-state index contributed by atoms with van der Waals surface area (Å²) in [6, 6.07) is 16.1. The van der Waals surface area contributed by atoms with E-state index in [1.807, 2.05) is 31.2 Å². The number of aromatic nitrogens is 3. The second kappa shape index (κ2) is 9.43. The summed E-state index contributed by atoms with van der Waals surface area (Å²) in [5, 5.41) is 4.03. The number of carbonyl (C=O) groups is 1. The molecule has 0 N–H and O–H groups in total. The van der Waals surface area contributed by atoms with Crippen LogP contribution in [0, 0.1) is 0 Å². The van der Waals surface area contributed by atoms with Crippen molar-refractivity contribution in [2.24, 2.45) is 0 Å². The number of hydrogen-bond acceptors (Lipinski definition) is 5. The van der Waals surface area contributed by atoms with Crippen LogP contribution in [0.3, 0.4) is 0 Å². The third kappa shape index (κ3) is 4.94. The molecule has 0 bridgehead atoms. The minimum atomic E-state index is -4.64. The fraction of sp³-hybridized carbons (Fsp3) is 0.320. The van der Waals surface area contributed by atoms with Crippen LogP contribution >= 0.6 is 11.3 Å². The normalized spacial score (nSPS) is 15.1. The molecule has 0 radical (unpaired) electrons. The standard InChI is InChI=1S/C25H24F3N5OS/c1-2-18-8-9-21(35-18)19-14-22(25(26,27)28)33-23(29-19)15-20(30-33)24(34)32-12-10-31(11-13-32)16-17-6-4-3-5-7-17/h3-9,14-15H,2,10-13,16H2,1H3. The van der Waals surface area contributed by atoms with Crippen LogP contribution < -0.4 is 0 Å². The molecular formula is C25H24F3N5OS. The van der Waals surface area contributed by atoms with E-state index in [0.29, 0.717) is 31.1 Å². The number of carbonyl (C=O) groups excluding carboxylic acids is 1. The molecule has 4 heterocycles. The molecule has 1 fully saturated rings. The first-order valence-electron chi connectivity index (χ1n) is 11.4. The molecule has 1 aliphatic rings. The number of halogens is 3. The Morgan fingerprint density at radius 2 is 1.77 bits per heavy atom. The summed E-state index contributed by atoms with van der Waals surface area (Å²) in [4.78, 5) is 23.1. The molecule has 5 rings (SSSR count). The molecule has 6 nitrogen and oxygen atoms in total. The monoisotopic (exact) mass is 499 g/mol. The van der Waals surface area contributed by atoms with Gasteiger partial charge in [0.05, 0.1) is 10.6 Å². The first-order chi connectivity index (χ1) is 16.8. The zero-order valence-electron chi connectivity index (χ0n) is 19.1. The van der Waals surface area contributed by atoms with Gasteiger partial charge in [-0.1, -0.05) is 37.3 Å². The third-order valence-corrected chi connectivity index (χ3v) is 7.36. The Kier molecular flexibility index (Phi) is 6.33. The van der Waals surface area contributed by atoms with Gasteiger partial charge in [-0.05, 0) is 30.2 Å². The van der Waals surface area contributed by atoms with Gasteiger partial charge < -0.3 is 4.90 Å². The lowest BCUT2D eigenvalue weighted by molar-refractivity contribution is -0.142. The summed E-state index contributed by atoms with van der Waals surface area (Å²) in [6.45, 7) is 5.12. The van der Waals surface area contributed by atoms with Crippen LogP contribution in [0.25, 0.3) is 16.2 Å². The summed E-state index contributed by atoms with van der Waals surface area (Å²) in [5.74, 6) is -0.381. The molecular weight excluding hydrogens is 475 g/mol. The number of hydrogen-bond donors (Lipinski definition) is 0. The average molecular weight is 500 g/mol. The Hall–Kier alpha value is -3.24. The molecule has 3 aromatic heterocycles. The minimum Gasteiger partial charge on any atom is -0.335 e. The number of alkyl halides is 3. The van der Waals surface area contributed by atoms with Crippen LogP contribution in [0.15, 0.2) is 54.6 Å². The number of thiophene rings is 1. The number of nitrogens with zero attached hydrogens (tertiary/aromatic N) is 5. The van der Waals surface area contributed by atoms with Gasteiger partial charge >= 0.3 is 6.18 Å². The molecule has 35 heavy (non-hydrogen) atoms. The zero-order chi connectivity index (χ0) is 24.6. The number of rotatable bonds is 5. The first-order valence-corrected chi connectivity index (χ1v) is 12.3. The maximum Gasteiger partial charge on any atom is 0.433 e. The molecule has 1 aliphatic heterocycles. The molecule has 1 aromatic carbocycles. The Bertz CT molecular complexity index is 1340. The molecule has 182 valence electrons. The van der Waals surface area contributed by atoms with Crippen LogP contribution in [-0.4, -0.2) is 56.5 Å². The predicted octanol–water partition coefficient (Wildman–Crippen LogP) is 5.00. The summed E-state index contributed by atoms with van der Waals surface area (Å²) in [6.07, 6.45) is -3.85. The van der Waals surface area contributed by atoms with E-state index in [0.717, 1.165) is 28.4 Å². The van der Waals surface area contributed by atoms with E-state index in [1.54, 1.807) is 11.0 Å². The minimum absolute atomic E-state index is 0.00679. The van der Waals surface area contributed by atoms with Gasteiger partial charge in [0, 0.05) is 43.7 Å². The van der Waals surface area contributed by atoms with Crippen molar-refractivity contribution in [1.82, 2.24) is 24.4 Å². The molecule has 0 atom stereocenters. The van der Waals surface area contributed by atoms with Crippen LogP contribution in [0.4, 0.5) is 13.2 Å². The van der Waals surface area contributed by atoms with Crippen molar-refractivity contribution in [3.63, 3.8) is 0 Å². The highest BCUT2D eigenvalue weighted by atomic mass is 32.1. The van der Waals surface area contributed by atoms with Crippen molar-refractivity contribution >= 4 is 22.9 Å². The highest BCUT2D eigenvalue weighted by Gasteiger charge is 2.36. The molecule has 4 aromatic rings. The van der Waals surface area contributed by atoms with E-state index in [-0.39, 0.29) is 22.9 Å². The molecule has 1 amide bonds. The predicted molar refractivity (Wildman–Crippen MR) is 128 cm³/mol. The van der Waals surface area contributed by atoms with E-state index in [2.05, 4.69) is 27.1 Å². The third-order valence-electron chi connectivity index (χ3n) is 6.11. The van der Waals surface area contributed by atoms with Gasteiger partial charge in [-0.3, -0.25) is 9.69 Å². The smallest absolute Gasteiger partial charge is 0.335 e. The molecule has 0 spiro atoms. The van der Waals surface area contributed by atoms with Crippen LogP contribution in [0.5, 0.6) is 0 Å². The van der Waals surface area contributed by atoms with Gasteiger partial charge in [0.2, 0.25) is 0 Å². The lowest BCUT2D eigenvalue weighted by Gasteiger charge is -2.34. The lowest BCUT2D eigenvalue weighted by Crippen LogP contribution is -2.48. The first kappa shape index (κ1) is 23.5. The Labute approximate surface area is 204 Å². The maximum atomic E-state index is 13.9. The highest BCUT2D eigenvalue weighted by molar-refractivity contribution is 7.15. The van der Waals surface area contributed by atoms with E-state index in [1.165, 1.54) is 23.0 Å². The summed E-state index contributed by atoms with van der Waals surface area (Å²) >= 11 is 1.41. The van der Waals surface area contributed by atoms with Crippen molar-refractivity contribution in [2.45, 2.75) is 26.1 Å². The zero-order valence-corrected chi connectivity index (χ0v) is 19.9. The fourth-order valence-electron chi connectivity index (χ4n) is 4.23. The van der Waals surface area contributed by atoms with Crippen LogP contribution in [0.1, 0.15) is 33.5 Å². The van der Waals surface area contributed by atoms with Gasteiger partial charge in [0.15, 0.2) is 17.0 Å². The Morgan fingerprint density at radius 3 is 2.43 bits per heavy atom. The van der Waals surface area contributed by atoms with Gasteiger partial charge in [-0.25, -0.2) is 9.50 Å². The maximum absolute atomic E-state index is 13.9. The summed E-state index contributed by atoms with van der Waals surface area (Å²) < 4.78 is 42.4. The number of piperazine rings is 1. The lowest BCUT2D eigenvalue weighted by atomic mass is 10.2. The quantitative estimate of drug-likeness (QED) is 0.388. The second-order valence-electron chi connectivity index (χ2n) is 8.50. The highest BCUT2D eigenvalue weighted by Crippen LogP contribution is 2.34. The second-order valence-corrected chi connectivity index (χ2v) is 9.67. The van der Waals surface area contributed by atoms with Crippen molar-refractivity contribution < 1.29 is 18.0 Å². The summed E-state index contributed by atoms with van der Waals surface area (Å²) in [5.41, 5.74) is 0.453. The van der Waals surface area contributed by atoms with Gasteiger partial charge in [0.25, 0.3) is 5.91 Å². The molecule has 0 aliphatic carbocycles. The van der Waals surface area contributed by atoms with Gasteiger partial charge in [0.1, 0.15) is 0 Å². The van der Waals surface area contributed by atoms with E-state index in [4.69, 9.17) is 0 Å². The molecule has 1 saturated heterocycles. The van der Waals surface area contributed by atoms with Crippen LogP contribution in [0.2, 0.25) is 0 Å². The van der Waals surface area contributed by atoms with Gasteiger partial charge in [-0.2, -0.15) is 18.3 Å². The van der Waals surface area contributed by atoms with E-state index >= 15 is 0 Å². The fourth-order valence-corrected chi connectivity index (χ4v) is 5.13. The molecule has 0 saturated carbocycles. The van der Waals surface area contributed by atoms with Crippen molar-refractivity contribution in [3.8, 4) is 10.6 Å². The number of benzene rings is 1. The number of fused-ring (bicyclic) bond motifs is 1. The van der Waals surface area contributed by atoms with E-state index in [9.17, 15) is 18.0 Å². The van der Waals surface area contributed by atoms with Crippen molar-refractivity contribution in [1.29, 1.82) is 0 Å². The topological polar surface area (TPSA) is 53.7 Å². The van der Waals surface area contributed by atoms with Crippen LogP contribution in [-0.2, 0) is 19.1 Å². The molecule has 0 unspecified atom stereocenters. The largest absolute Gasteiger partial charge is 0.433 e. The van der Waals surface area contributed by atoms with Gasteiger partial charge in [-0.15, -0.1) is 11.3 Å². The number of aryl methyl sites for hydroxylation is 1. The van der Waals surface area contributed by atoms with E-state index < -0.39 is 11.9 Å².